The molecule has 78 valence electrons. The number of carboxylic acid groups (broad SMARTS) is 1. The Morgan fingerprint density at radius 3 is 2.57 bits per heavy atom. The van der Waals surface area contributed by atoms with E-state index in [9.17, 15) is 9.18 Å². The molecule has 0 bridgehead atoms. The van der Waals surface area contributed by atoms with Gasteiger partial charge >= 0.3 is 5.97 Å². The molecule has 0 aliphatic carbocycles. The van der Waals surface area contributed by atoms with Crippen molar-refractivity contribution in [2.24, 2.45) is 0 Å². The van der Waals surface area contributed by atoms with Gasteiger partial charge in [0, 0.05) is 5.69 Å². The Morgan fingerprint density at radius 2 is 2.21 bits per heavy atom. The predicted octanol–water partition coefficient (Wildman–Crippen LogP) is 1.62. The number of hydrogen-bond acceptors (Lipinski definition) is 2. The third-order valence-corrected chi connectivity index (χ3v) is 2.25. The van der Waals surface area contributed by atoms with E-state index in [1.807, 2.05) is 6.92 Å². The van der Waals surface area contributed by atoms with Crippen molar-refractivity contribution in [3.8, 4) is 0 Å². The number of alkyl halides is 1. The second kappa shape index (κ2) is 3.77. The van der Waals surface area contributed by atoms with Crippen molar-refractivity contribution < 1.29 is 14.3 Å². The molecule has 0 amide bonds. The topological polar surface area (TPSA) is 55.1 Å². The molecule has 1 unspecified atom stereocenters. The van der Waals surface area contributed by atoms with Crippen molar-refractivity contribution in [3.63, 3.8) is 0 Å². The Morgan fingerprint density at radius 1 is 1.64 bits per heavy atom. The van der Waals surface area contributed by atoms with Crippen LogP contribution in [0.5, 0.6) is 0 Å². The van der Waals surface area contributed by atoms with Crippen molar-refractivity contribution in [1.82, 2.24) is 9.78 Å². The van der Waals surface area contributed by atoms with Crippen molar-refractivity contribution in [1.29, 1.82) is 0 Å². The Bertz CT molecular complexity index is 360. The fourth-order valence-corrected chi connectivity index (χ4v) is 1.53. The number of nitrogens with zero attached hydrogens (tertiary/aromatic N) is 2. The molecule has 4 nitrogen and oxygen atoms in total. The van der Waals surface area contributed by atoms with Gasteiger partial charge in [-0.3, -0.25) is 0 Å². The van der Waals surface area contributed by atoms with Gasteiger partial charge in [0.1, 0.15) is 0 Å². The molecule has 0 spiro atoms. The van der Waals surface area contributed by atoms with Gasteiger partial charge in [-0.1, -0.05) is 6.92 Å². The highest BCUT2D eigenvalue weighted by Gasteiger charge is 2.22. The molecule has 0 aromatic carbocycles. The summed E-state index contributed by atoms with van der Waals surface area (Å²) >= 11 is 0. The zero-order chi connectivity index (χ0) is 10.9. The molecule has 0 saturated heterocycles. The summed E-state index contributed by atoms with van der Waals surface area (Å²) < 4.78 is 14.1. The number of hydrogen-bond donors (Lipinski definition) is 1. The highest BCUT2D eigenvalue weighted by Crippen LogP contribution is 2.18. The van der Waals surface area contributed by atoms with Crippen LogP contribution >= 0.6 is 0 Å². The zero-order valence-corrected chi connectivity index (χ0v) is 8.41. The van der Waals surface area contributed by atoms with Crippen LogP contribution in [0.3, 0.4) is 0 Å². The van der Waals surface area contributed by atoms with Gasteiger partial charge < -0.3 is 5.11 Å². The van der Waals surface area contributed by atoms with Crippen molar-refractivity contribution >= 4 is 5.97 Å². The van der Waals surface area contributed by atoms with E-state index in [-0.39, 0.29) is 0 Å². The number of aryl methyl sites for hydroxylation is 1. The average Bonchev–Trinajstić information content (AvgIpc) is 2.40. The summed E-state index contributed by atoms with van der Waals surface area (Å²) in [6.45, 7) is 5.35. The minimum atomic E-state index is -2.09. The first-order chi connectivity index (χ1) is 6.49. The van der Waals surface area contributed by atoms with Crippen molar-refractivity contribution in [2.45, 2.75) is 33.5 Å². The Hall–Kier alpha value is -1.39. The monoisotopic (exact) mass is 200 g/mol. The Balaban J connectivity index is 3.17. The lowest BCUT2D eigenvalue weighted by molar-refractivity contribution is -0.147. The summed E-state index contributed by atoms with van der Waals surface area (Å²) in [7, 11) is 0. The highest BCUT2D eigenvalue weighted by molar-refractivity contribution is 5.70. The first kappa shape index (κ1) is 10.7. The molecule has 14 heavy (non-hydrogen) atoms. The summed E-state index contributed by atoms with van der Waals surface area (Å²) in [5, 5.41) is 12.4. The minimum Gasteiger partial charge on any atom is -0.478 e. The Labute approximate surface area is 81.3 Å². The maximum atomic E-state index is 13.1. The molecular weight excluding hydrogens is 187 g/mol. The largest absolute Gasteiger partial charge is 0.478 e. The van der Waals surface area contributed by atoms with E-state index >= 15 is 0 Å². The number of aliphatic carboxylic acids is 1. The van der Waals surface area contributed by atoms with E-state index < -0.39 is 12.3 Å². The number of rotatable bonds is 3. The summed E-state index contributed by atoms with van der Waals surface area (Å²) in [5.41, 5.74) is 2.18. The van der Waals surface area contributed by atoms with Crippen LogP contribution in [0.15, 0.2) is 0 Å². The third-order valence-electron chi connectivity index (χ3n) is 2.25. The fourth-order valence-electron chi connectivity index (χ4n) is 1.53. The van der Waals surface area contributed by atoms with Crippen LogP contribution in [0.25, 0.3) is 0 Å². The van der Waals surface area contributed by atoms with E-state index in [1.54, 1.807) is 13.8 Å². The minimum absolute atomic E-state index is 0.583. The molecular formula is C9H13FN2O2. The SMILES string of the molecule is CCc1c(C)nn(C(F)C(=O)O)c1C. The third kappa shape index (κ3) is 1.62. The molecule has 5 heteroatoms. The molecule has 0 aliphatic rings. The number of aromatic nitrogens is 2. The molecule has 1 aromatic heterocycles. The quantitative estimate of drug-likeness (QED) is 0.806. The van der Waals surface area contributed by atoms with Crippen LogP contribution in [0, 0.1) is 13.8 Å². The molecule has 1 aromatic rings. The van der Waals surface area contributed by atoms with E-state index in [0.717, 1.165) is 16.7 Å². The number of carbonyl (C=O) groups is 1. The summed E-state index contributed by atoms with van der Waals surface area (Å²) in [6.07, 6.45) is -1.36. The van der Waals surface area contributed by atoms with Gasteiger partial charge in [-0.05, 0) is 25.8 Å². The van der Waals surface area contributed by atoms with E-state index in [1.165, 1.54) is 0 Å². The summed E-state index contributed by atoms with van der Waals surface area (Å²) in [6, 6.07) is 0. The predicted molar refractivity (Wildman–Crippen MR) is 48.9 cm³/mol. The number of carboxylic acids is 1. The van der Waals surface area contributed by atoms with E-state index in [2.05, 4.69) is 5.10 Å². The molecule has 0 saturated carbocycles. The van der Waals surface area contributed by atoms with Gasteiger partial charge in [-0.15, -0.1) is 0 Å². The van der Waals surface area contributed by atoms with E-state index in [0.29, 0.717) is 11.4 Å². The lowest BCUT2D eigenvalue weighted by atomic mass is 10.1. The van der Waals surface area contributed by atoms with Crippen LogP contribution < -0.4 is 0 Å². The van der Waals surface area contributed by atoms with Crippen LogP contribution in [0.4, 0.5) is 4.39 Å². The van der Waals surface area contributed by atoms with Crippen LogP contribution in [-0.2, 0) is 11.2 Å². The maximum absolute atomic E-state index is 13.1. The molecule has 0 radical (unpaired) electrons. The van der Waals surface area contributed by atoms with Crippen LogP contribution in [0.1, 0.15) is 30.2 Å². The molecule has 1 rings (SSSR count). The molecule has 0 aliphatic heterocycles. The highest BCUT2D eigenvalue weighted by atomic mass is 19.1. The van der Waals surface area contributed by atoms with Gasteiger partial charge in [0.2, 0.25) is 0 Å². The van der Waals surface area contributed by atoms with Crippen molar-refractivity contribution in [2.75, 3.05) is 0 Å². The molecule has 1 heterocycles. The number of halogens is 1. The molecule has 1 atom stereocenters. The molecule has 1 N–H and O–H groups in total. The van der Waals surface area contributed by atoms with Gasteiger partial charge in [0.25, 0.3) is 6.30 Å². The lowest BCUT2D eigenvalue weighted by Gasteiger charge is -2.05. The normalized spacial score (nSPS) is 12.9. The fraction of sp³-hybridized carbons (Fsp3) is 0.556. The van der Waals surface area contributed by atoms with Crippen LogP contribution in [0.2, 0.25) is 0 Å². The van der Waals surface area contributed by atoms with E-state index in [4.69, 9.17) is 5.11 Å². The second-order valence-electron chi connectivity index (χ2n) is 3.12. The van der Waals surface area contributed by atoms with Gasteiger partial charge in [-0.25, -0.2) is 13.9 Å². The van der Waals surface area contributed by atoms with Gasteiger partial charge in [0.15, 0.2) is 0 Å². The zero-order valence-electron chi connectivity index (χ0n) is 8.41. The smallest absolute Gasteiger partial charge is 0.361 e. The van der Waals surface area contributed by atoms with Crippen molar-refractivity contribution in [3.05, 3.63) is 17.0 Å². The van der Waals surface area contributed by atoms with Crippen LogP contribution in [-0.4, -0.2) is 20.9 Å². The molecule has 0 fully saturated rings. The Kier molecular flexibility index (Phi) is 2.88. The second-order valence-corrected chi connectivity index (χ2v) is 3.12. The maximum Gasteiger partial charge on any atom is 0.361 e. The lowest BCUT2D eigenvalue weighted by Crippen LogP contribution is -2.16. The first-order valence-corrected chi connectivity index (χ1v) is 4.40. The van der Waals surface area contributed by atoms with Gasteiger partial charge in [-0.2, -0.15) is 5.10 Å². The average molecular weight is 200 g/mol. The standard InChI is InChI=1S/C9H13FN2O2/c1-4-7-5(2)11-12(6(7)3)8(10)9(13)14/h8H,4H2,1-3H3,(H,13,14). The van der Waals surface area contributed by atoms with Gasteiger partial charge in [0.05, 0.1) is 5.69 Å². The first-order valence-electron chi connectivity index (χ1n) is 4.40. The summed E-state index contributed by atoms with van der Waals surface area (Å²) in [4.78, 5) is 10.4. The summed E-state index contributed by atoms with van der Waals surface area (Å²) in [5.74, 6) is -1.52.